The van der Waals surface area contributed by atoms with E-state index >= 15 is 0 Å². The lowest BCUT2D eigenvalue weighted by Gasteiger charge is -2.35. The van der Waals surface area contributed by atoms with Crippen LogP contribution in [-0.4, -0.2) is 35.2 Å². The van der Waals surface area contributed by atoms with E-state index in [0.717, 1.165) is 12.6 Å². The zero-order valence-electron chi connectivity index (χ0n) is 11.1. The van der Waals surface area contributed by atoms with Gasteiger partial charge in [0.15, 0.2) is 0 Å². The van der Waals surface area contributed by atoms with Crippen molar-refractivity contribution in [3.63, 3.8) is 0 Å². The third-order valence-electron chi connectivity index (χ3n) is 3.64. The van der Waals surface area contributed by atoms with Crippen LogP contribution < -0.4 is 0 Å². The van der Waals surface area contributed by atoms with Crippen LogP contribution >= 0.6 is 0 Å². The van der Waals surface area contributed by atoms with Crippen LogP contribution in [0, 0.1) is 0 Å². The largest absolute Gasteiger partial charge is 0.392 e. The Morgan fingerprint density at radius 1 is 1.19 bits per heavy atom. The predicted molar refractivity (Wildman–Crippen MR) is 69.7 cm³/mol. The fourth-order valence-corrected chi connectivity index (χ4v) is 2.77. The average Bonchev–Trinajstić information content (AvgIpc) is 2.29. The quantitative estimate of drug-likeness (QED) is 0.675. The van der Waals surface area contributed by atoms with Gasteiger partial charge in [-0.1, -0.05) is 39.0 Å². The molecule has 1 atom stereocenters. The Hall–Kier alpha value is -0.0800. The maximum atomic E-state index is 9.57. The first kappa shape index (κ1) is 14.0. The molecule has 0 bridgehead atoms. The summed E-state index contributed by atoms with van der Waals surface area (Å²) in [6.45, 7) is 6.22. The van der Waals surface area contributed by atoms with Gasteiger partial charge in [0.05, 0.1) is 6.10 Å². The van der Waals surface area contributed by atoms with Crippen molar-refractivity contribution in [3.8, 4) is 0 Å². The van der Waals surface area contributed by atoms with Crippen LogP contribution in [0.3, 0.4) is 0 Å². The van der Waals surface area contributed by atoms with Crippen molar-refractivity contribution in [1.29, 1.82) is 0 Å². The standard InChI is InChI=1S/C14H29NO/c1-3-4-8-11-15(12-13(2)16)14-9-6-5-7-10-14/h13-14,16H,3-12H2,1-2H3. The van der Waals surface area contributed by atoms with Crippen molar-refractivity contribution < 1.29 is 5.11 Å². The van der Waals surface area contributed by atoms with Crippen LogP contribution in [0.5, 0.6) is 0 Å². The summed E-state index contributed by atoms with van der Waals surface area (Å²) >= 11 is 0. The van der Waals surface area contributed by atoms with Gasteiger partial charge in [-0.25, -0.2) is 0 Å². The smallest absolute Gasteiger partial charge is 0.0639 e. The molecule has 0 radical (unpaired) electrons. The van der Waals surface area contributed by atoms with Gasteiger partial charge in [-0.15, -0.1) is 0 Å². The highest BCUT2D eigenvalue weighted by atomic mass is 16.3. The normalized spacial score (nSPS) is 20.2. The lowest BCUT2D eigenvalue weighted by molar-refractivity contribution is 0.0810. The minimum atomic E-state index is -0.177. The lowest BCUT2D eigenvalue weighted by atomic mass is 9.93. The highest BCUT2D eigenvalue weighted by Crippen LogP contribution is 2.23. The van der Waals surface area contributed by atoms with Gasteiger partial charge < -0.3 is 5.11 Å². The van der Waals surface area contributed by atoms with Gasteiger partial charge >= 0.3 is 0 Å². The minimum Gasteiger partial charge on any atom is -0.392 e. The monoisotopic (exact) mass is 227 g/mol. The molecular weight excluding hydrogens is 198 g/mol. The summed E-state index contributed by atoms with van der Waals surface area (Å²) < 4.78 is 0. The summed E-state index contributed by atoms with van der Waals surface area (Å²) in [4.78, 5) is 2.54. The number of unbranched alkanes of at least 4 members (excludes halogenated alkanes) is 2. The third kappa shape index (κ3) is 5.31. The molecule has 1 unspecified atom stereocenters. The summed E-state index contributed by atoms with van der Waals surface area (Å²) in [5, 5.41) is 9.57. The molecule has 96 valence electrons. The van der Waals surface area contributed by atoms with Gasteiger partial charge in [-0.3, -0.25) is 4.90 Å². The molecule has 1 aliphatic carbocycles. The number of rotatable bonds is 7. The summed E-state index contributed by atoms with van der Waals surface area (Å²) in [7, 11) is 0. The number of hydrogen-bond donors (Lipinski definition) is 1. The first-order chi connectivity index (χ1) is 7.74. The first-order valence-corrected chi connectivity index (χ1v) is 7.16. The zero-order valence-corrected chi connectivity index (χ0v) is 11.1. The van der Waals surface area contributed by atoms with E-state index in [-0.39, 0.29) is 6.10 Å². The molecule has 16 heavy (non-hydrogen) atoms. The number of hydrogen-bond acceptors (Lipinski definition) is 2. The summed E-state index contributed by atoms with van der Waals surface area (Å²) in [5.74, 6) is 0. The van der Waals surface area contributed by atoms with Crippen molar-refractivity contribution >= 4 is 0 Å². The molecule has 0 heterocycles. The van der Waals surface area contributed by atoms with Crippen LogP contribution in [0.15, 0.2) is 0 Å². The van der Waals surface area contributed by atoms with Crippen molar-refractivity contribution in [3.05, 3.63) is 0 Å². The van der Waals surface area contributed by atoms with Crippen LogP contribution in [0.4, 0.5) is 0 Å². The molecule has 0 saturated heterocycles. The summed E-state index contributed by atoms with van der Waals surface area (Å²) in [5.41, 5.74) is 0. The summed E-state index contributed by atoms with van der Waals surface area (Å²) in [6.07, 6.45) is 10.6. The highest BCUT2D eigenvalue weighted by Gasteiger charge is 2.21. The van der Waals surface area contributed by atoms with Crippen LogP contribution in [0.25, 0.3) is 0 Å². The Bertz CT molecular complexity index is 164. The molecule has 1 rings (SSSR count). The topological polar surface area (TPSA) is 23.5 Å². The molecule has 1 N–H and O–H groups in total. The Labute approximate surface area is 101 Å². The van der Waals surface area contributed by atoms with E-state index in [9.17, 15) is 5.11 Å². The maximum absolute atomic E-state index is 9.57. The Morgan fingerprint density at radius 3 is 2.44 bits per heavy atom. The molecule has 2 nitrogen and oxygen atoms in total. The summed E-state index contributed by atoms with van der Waals surface area (Å²) in [6, 6.07) is 0.750. The molecule has 0 amide bonds. The van der Waals surface area contributed by atoms with E-state index in [0.29, 0.717) is 0 Å². The van der Waals surface area contributed by atoms with Gasteiger partial charge in [0.1, 0.15) is 0 Å². The predicted octanol–water partition coefficient (Wildman–Crippen LogP) is 3.19. The van der Waals surface area contributed by atoms with Gasteiger partial charge in [-0.05, 0) is 32.7 Å². The number of nitrogens with zero attached hydrogens (tertiary/aromatic N) is 1. The number of aliphatic hydroxyl groups is 1. The van der Waals surface area contributed by atoms with Crippen molar-refractivity contribution in [1.82, 2.24) is 4.90 Å². The Balaban J connectivity index is 2.34. The van der Waals surface area contributed by atoms with Crippen LogP contribution in [0.2, 0.25) is 0 Å². The molecule has 0 aromatic carbocycles. The highest BCUT2D eigenvalue weighted by molar-refractivity contribution is 4.77. The van der Waals surface area contributed by atoms with Gasteiger partial charge in [-0.2, -0.15) is 0 Å². The van der Waals surface area contributed by atoms with Crippen LogP contribution in [-0.2, 0) is 0 Å². The fourth-order valence-electron chi connectivity index (χ4n) is 2.77. The molecular formula is C14H29NO. The second-order valence-electron chi connectivity index (χ2n) is 5.34. The fraction of sp³-hybridized carbons (Fsp3) is 1.00. The zero-order chi connectivity index (χ0) is 11.8. The van der Waals surface area contributed by atoms with Gasteiger partial charge in [0.2, 0.25) is 0 Å². The third-order valence-corrected chi connectivity index (χ3v) is 3.64. The molecule has 1 saturated carbocycles. The van der Waals surface area contributed by atoms with Crippen LogP contribution in [0.1, 0.15) is 65.2 Å². The first-order valence-electron chi connectivity index (χ1n) is 7.16. The van der Waals surface area contributed by atoms with E-state index in [2.05, 4.69) is 11.8 Å². The van der Waals surface area contributed by atoms with E-state index in [1.54, 1.807) is 0 Å². The van der Waals surface area contributed by atoms with E-state index in [4.69, 9.17) is 0 Å². The van der Waals surface area contributed by atoms with Gasteiger partial charge in [0, 0.05) is 12.6 Å². The average molecular weight is 227 g/mol. The SMILES string of the molecule is CCCCCN(CC(C)O)C1CCCCC1. The second kappa shape index (κ2) is 8.08. The number of aliphatic hydroxyl groups excluding tert-OH is 1. The van der Waals surface area contributed by atoms with E-state index in [1.807, 2.05) is 6.92 Å². The molecule has 0 aliphatic heterocycles. The van der Waals surface area contributed by atoms with E-state index in [1.165, 1.54) is 57.9 Å². The van der Waals surface area contributed by atoms with Crippen molar-refractivity contribution in [2.24, 2.45) is 0 Å². The molecule has 0 aromatic rings. The Kier molecular flexibility index (Phi) is 7.06. The Morgan fingerprint density at radius 2 is 1.88 bits per heavy atom. The van der Waals surface area contributed by atoms with Gasteiger partial charge in [0.25, 0.3) is 0 Å². The molecule has 2 heteroatoms. The molecule has 1 aliphatic rings. The minimum absolute atomic E-state index is 0.177. The lowest BCUT2D eigenvalue weighted by Crippen LogP contribution is -2.41. The second-order valence-corrected chi connectivity index (χ2v) is 5.34. The molecule has 1 fully saturated rings. The molecule has 0 spiro atoms. The maximum Gasteiger partial charge on any atom is 0.0639 e. The van der Waals surface area contributed by atoms with Crippen molar-refractivity contribution in [2.45, 2.75) is 77.4 Å². The van der Waals surface area contributed by atoms with Crippen molar-refractivity contribution in [2.75, 3.05) is 13.1 Å². The van der Waals surface area contributed by atoms with E-state index < -0.39 is 0 Å². The molecule has 0 aromatic heterocycles.